The third-order valence-corrected chi connectivity index (χ3v) is 26.8. The van der Waals surface area contributed by atoms with Crippen LogP contribution in [0.4, 0.5) is 0 Å². The van der Waals surface area contributed by atoms with Crippen molar-refractivity contribution < 1.29 is 73.5 Å². The molecule has 0 aromatic carbocycles. The van der Waals surface area contributed by atoms with Crippen LogP contribution in [0.5, 0.6) is 0 Å². The summed E-state index contributed by atoms with van der Waals surface area (Å²) in [5.74, 6) is -2.01. The largest absolute Gasteiger partial charge is 0.460 e. The molecule has 0 amide bonds. The smallest absolute Gasteiger partial charge is 0.330 e. The van der Waals surface area contributed by atoms with Crippen LogP contribution in [-0.2, 0) is 73.5 Å². The molecule has 0 N–H and O–H groups in total. The fourth-order valence-electron chi connectivity index (χ4n) is 5.75. The zero-order valence-corrected chi connectivity index (χ0v) is 37.8. The number of carbonyl (C=O) groups is 4. The van der Waals surface area contributed by atoms with Crippen LogP contribution in [-0.4, -0.2) is 137 Å². The van der Waals surface area contributed by atoms with Crippen molar-refractivity contribution >= 4 is 58.1 Å². The van der Waals surface area contributed by atoms with Crippen LogP contribution >= 0.6 is 0 Å². The average Bonchev–Trinajstić information content (AvgIpc) is 3.14. The van der Waals surface area contributed by atoms with Gasteiger partial charge in [-0.25, -0.2) is 19.2 Å². The third kappa shape index (κ3) is 24.2. The molecule has 16 nitrogen and oxygen atoms in total. The zero-order chi connectivity index (χ0) is 41.8. The van der Waals surface area contributed by atoms with Crippen LogP contribution < -0.4 is 0 Å². The molecule has 1 aliphatic rings. The van der Waals surface area contributed by atoms with Crippen molar-refractivity contribution in [3.05, 3.63) is 50.6 Å². The number of rotatable bonds is 32. The third-order valence-electron chi connectivity index (χ3n) is 7.96. The Labute approximate surface area is 336 Å². The lowest BCUT2D eigenvalue weighted by Crippen LogP contribution is -2.67. The van der Waals surface area contributed by atoms with E-state index in [1.165, 1.54) is 0 Å². The molecule has 1 fully saturated rings. The molecule has 1 aliphatic heterocycles. The molecule has 20 heteroatoms. The summed E-state index contributed by atoms with van der Waals surface area (Å²) < 4.78 is 71.6. The van der Waals surface area contributed by atoms with E-state index in [-0.39, 0.29) is 52.9 Å². The first-order valence-electron chi connectivity index (χ1n) is 18.9. The maximum absolute atomic E-state index is 11.4. The highest BCUT2D eigenvalue weighted by molar-refractivity contribution is 6.93. The zero-order valence-electron chi connectivity index (χ0n) is 33.8. The maximum atomic E-state index is 11.4. The lowest BCUT2D eigenvalue weighted by atomic mass is 10.5. The van der Waals surface area contributed by atoms with Crippen LogP contribution in [0.25, 0.3) is 0 Å². The van der Waals surface area contributed by atoms with Crippen molar-refractivity contribution in [3.63, 3.8) is 0 Å². The monoisotopic (exact) mass is 864 g/mol. The van der Waals surface area contributed by atoms with Crippen LogP contribution in [0.2, 0.25) is 50.4 Å². The predicted octanol–water partition coefficient (Wildman–Crippen LogP) is 4.90. The molecule has 0 aromatic rings. The fraction of sp³-hybridized carbons (Fsp3) is 0.667. The summed E-state index contributed by atoms with van der Waals surface area (Å²) in [6.45, 7) is 24.9. The molecule has 0 radical (unpaired) electrons. The van der Waals surface area contributed by atoms with Gasteiger partial charge < -0.3 is 54.4 Å². The molecule has 0 aromatic heterocycles. The molecular formula is C36H64O16Si4. The Morgan fingerprint density at radius 2 is 0.571 bits per heavy atom. The van der Waals surface area contributed by atoms with E-state index in [1.807, 2.05) is 26.2 Å². The number of carbonyl (C=O) groups excluding carboxylic acids is 4. The van der Waals surface area contributed by atoms with E-state index in [9.17, 15) is 19.2 Å². The molecule has 56 heavy (non-hydrogen) atoms. The van der Waals surface area contributed by atoms with E-state index in [4.69, 9.17) is 54.4 Å². The topological polar surface area (TPSA) is 179 Å². The Bertz CT molecular complexity index is 1040. The Hall–Kier alpha value is -2.61. The standard InChI is InChI=1S/C36H64O16Si4/c1-9-33(37)45-25-21-41-17-13-29-53(5)49-54(6,30-14-18-42-22-26-46-34(38)10-2)51-56(8,32-16-20-44-24-28-48-36(40)12-4)52-55(7,50-53)31-15-19-43-23-27-47-35(39)11-3/h9-12H,1-4,13-32H2,5-8H3. The van der Waals surface area contributed by atoms with Gasteiger partial charge in [0.15, 0.2) is 0 Å². The molecule has 0 unspecified atom stereocenters. The van der Waals surface area contributed by atoms with E-state index in [1.54, 1.807) is 0 Å². The summed E-state index contributed by atoms with van der Waals surface area (Å²) in [6.07, 6.45) is 6.98. The second-order valence-corrected chi connectivity index (χ2v) is 27.6. The molecule has 0 spiro atoms. The first-order valence-corrected chi connectivity index (χ1v) is 29.0. The molecule has 0 atom stereocenters. The molecule has 0 saturated carbocycles. The number of hydrogen-bond donors (Lipinski definition) is 0. The summed E-state index contributed by atoms with van der Waals surface area (Å²) in [5, 5.41) is 0. The van der Waals surface area contributed by atoms with E-state index < -0.39 is 58.1 Å². The molecular weight excluding hydrogens is 801 g/mol. The van der Waals surface area contributed by atoms with Crippen molar-refractivity contribution in [1.82, 2.24) is 0 Å². The summed E-state index contributed by atoms with van der Waals surface area (Å²) in [4.78, 5) is 45.4. The summed E-state index contributed by atoms with van der Waals surface area (Å²) >= 11 is 0. The van der Waals surface area contributed by atoms with Gasteiger partial charge >= 0.3 is 58.1 Å². The van der Waals surface area contributed by atoms with E-state index in [0.717, 1.165) is 24.3 Å². The van der Waals surface area contributed by atoms with Gasteiger partial charge in [0.1, 0.15) is 26.4 Å². The summed E-state index contributed by atoms with van der Waals surface area (Å²) in [5.41, 5.74) is 0. The van der Waals surface area contributed by atoms with E-state index >= 15 is 0 Å². The first kappa shape index (κ1) is 51.4. The van der Waals surface area contributed by atoms with Gasteiger partial charge in [0, 0.05) is 50.7 Å². The average molecular weight is 865 g/mol. The minimum atomic E-state index is -2.98. The highest BCUT2D eigenvalue weighted by atomic mass is 28.5. The van der Waals surface area contributed by atoms with Gasteiger partial charge in [-0.15, -0.1) is 0 Å². The second-order valence-electron chi connectivity index (χ2n) is 13.3. The van der Waals surface area contributed by atoms with Gasteiger partial charge in [0.05, 0.1) is 26.4 Å². The summed E-state index contributed by atoms with van der Waals surface area (Å²) in [7, 11) is -11.9. The van der Waals surface area contributed by atoms with Crippen LogP contribution in [0, 0.1) is 0 Å². The second kappa shape index (κ2) is 28.7. The van der Waals surface area contributed by atoms with Crippen molar-refractivity contribution in [2.45, 2.75) is 76.0 Å². The minimum Gasteiger partial charge on any atom is -0.460 e. The maximum Gasteiger partial charge on any atom is 0.330 e. The molecule has 0 aliphatic carbocycles. The fourth-order valence-corrected chi connectivity index (χ4v) is 28.9. The quantitative estimate of drug-likeness (QED) is 0.0293. The highest BCUT2D eigenvalue weighted by Crippen LogP contribution is 2.38. The van der Waals surface area contributed by atoms with Gasteiger partial charge in [0.2, 0.25) is 0 Å². The number of ether oxygens (including phenoxy) is 8. The minimum absolute atomic E-state index is 0.124. The van der Waals surface area contributed by atoms with Crippen molar-refractivity contribution in [2.24, 2.45) is 0 Å². The first-order chi connectivity index (χ1) is 26.6. The van der Waals surface area contributed by atoms with Crippen LogP contribution in [0.15, 0.2) is 50.6 Å². The molecule has 1 heterocycles. The number of esters is 4. The Kier molecular flexibility index (Phi) is 26.4. The van der Waals surface area contributed by atoms with Crippen LogP contribution in [0.1, 0.15) is 25.7 Å². The Balaban J connectivity index is 3.13. The van der Waals surface area contributed by atoms with Gasteiger partial charge in [-0.2, -0.15) is 0 Å². The molecule has 1 saturated heterocycles. The van der Waals surface area contributed by atoms with Crippen LogP contribution in [0.3, 0.4) is 0 Å². The van der Waals surface area contributed by atoms with Crippen molar-refractivity contribution in [2.75, 3.05) is 79.3 Å². The van der Waals surface area contributed by atoms with Gasteiger partial charge in [-0.05, 0) is 76.0 Å². The number of hydrogen-bond acceptors (Lipinski definition) is 16. The lowest BCUT2D eigenvalue weighted by Gasteiger charge is -2.50. The van der Waals surface area contributed by atoms with Gasteiger partial charge in [0.25, 0.3) is 0 Å². The summed E-state index contributed by atoms with van der Waals surface area (Å²) in [6, 6.07) is 2.43. The van der Waals surface area contributed by atoms with Crippen molar-refractivity contribution in [1.29, 1.82) is 0 Å². The lowest BCUT2D eigenvalue weighted by molar-refractivity contribution is -0.140. The predicted molar refractivity (Wildman–Crippen MR) is 216 cm³/mol. The highest BCUT2D eigenvalue weighted by Gasteiger charge is 2.56. The SMILES string of the molecule is C=CC(=O)OCCOCCC[Si]1(C)O[Si](C)(CCCOCCOC(=O)C=C)O[Si](C)(CCCOCCOC(=O)C=C)O[Si](C)(CCCOCCOC(=O)C=C)O1. The van der Waals surface area contributed by atoms with E-state index in [2.05, 4.69) is 26.3 Å². The molecule has 0 bridgehead atoms. The Morgan fingerprint density at radius 3 is 0.750 bits per heavy atom. The molecule has 1 rings (SSSR count). The van der Waals surface area contributed by atoms with Gasteiger partial charge in [-0.3, -0.25) is 0 Å². The molecule has 320 valence electrons. The van der Waals surface area contributed by atoms with E-state index in [0.29, 0.717) is 76.3 Å². The Morgan fingerprint density at radius 1 is 0.375 bits per heavy atom. The van der Waals surface area contributed by atoms with Gasteiger partial charge in [-0.1, -0.05) is 26.3 Å². The van der Waals surface area contributed by atoms with Crippen molar-refractivity contribution in [3.8, 4) is 0 Å². The normalized spacial score (nSPS) is 23.5.